The topological polar surface area (TPSA) is 113 Å². The van der Waals surface area contributed by atoms with Gasteiger partial charge in [-0.05, 0) is 18.1 Å². The highest BCUT2D eigenvalue weighted by Gasteiger charge is 2.35. The van der Waals surface area contributed by atoms with Gasteiger partial charge in [-0.2, -0.15) is 0 Å². The van der Waals surface area contributed by atoms with Crippen LogP contribution in [-0.4, -0.2) is 58.0 Å². The van der Waals surface area contributed by atoms with E-state index in [-0.39, 0.29) is 24.9 Å². The smallest absolute Gasteiger partial charge is 0.322 e. The fourth-order valence-corrected chi connectivity index (χ4v) is 3.77. The Balaban J connectivity index is 1.96. The fraction of sp³-hybridized carbons (Fsp3) is 0.438. The first-order chi connectivity index (χ1) is 12.7. The van der Waals surface area contributed by atoms with E-state index in [9.17, 15) is 27.6 Å². The lowest BCUT2D eigenvalue weighted by Gasteiger charge is -2.24. The number of carbonyl (C=O) groups excluding carboxylic acids is 2. The molecular formula is C16H18F3N3O4S. The SMILES string of the molecule is NC(CC(=O)N1CCSC1C(=O)NCC(=O)O)Cc1cc(F)c(F)cc1F. The molecule has 1 aromatic rings. The van der Waals surface area contributed by atoms with Crippen LogP contribution in [0.15, 0.2) is 12.1 Å². The summed E-state index contributed by atoms with van der Waals surface area (Å²) in [5.41, 5.74) is 5.68. The molecule has 1 fully saturated rings. The van der Waals surface area contributed by atoms with E-state index in [0.29, 0.717) is 17.9 Å². The van der Waals surface area contributed by atoms with Gasteiger partial charge in [-0.15, -0.1) is 11.8 Å². The van der Waals surface area contributed by atoms with Crippen molar-refractivity contribution in [3.63, 3.8) is 0 Å². The van der Waals surface area contributed by atoms with Gasteiger partial charge in [0.15, 0.2) is 17.0 Å². The van der Waals surface area contributed by atoms with E-state index >= 15 is 0 Å². The zero-order valence-electron chi connectivity index (χ0n) is 14.1. The van der Waals surface area contributed by atoms with Crippen molar-refractivity contribution >= 4 is 29.5 Å². The standard InChI is InChI=1S/C16H18F3N3O4S/c17-10-6-12(19)11(18)4-8(10)3-9(20)5-13(23)22-1-2-27-16(22)15(26)21-7-14(24)25/h4,6,9,16H,1-3,5,7,20H2,(H,21,26)(H,24,25). The van der Waals surface area contributed by atoms with Gasteiger partial charge in [0.1, 0.15) is 12.4 Å². The highest BCUT2D eigenvalue weighted by atomic mass is 32.2. The number of amides is 2. The van der Waals surface area contributed by atoms with E-state index in [1.54, 1.807) is 0 Å². The lowest BCUT2D eigenvalue weighted by atomic mass is 10.0. The maximum absolute atomic E-state index is 13.7. The molecule has 2 rings (SSSR count). The molecule has 4 N–H and O–H groups in total. The molecule has 1 heterocycles. The molecule has 2 atom stereocenters. The molecule has 1 aliphatic heterocycles. The van der Waals surface area contributed by atoms with Crippen molar-refractivity contribution in [3.8, 4) is 0 Å². The second-order valence-corrected chi connectivity index (χ2v) is 7.14. The summed E-state index contributed by atoms with van der Waals surface area (Å²) in [6, 6.07) is 0.243. The number of hydrogen-bond acceptors (Lipinski definition) is 5. The van der Waals surface area contributed by atoms with Gasteiger partial charge in [0.05, 0.1) is 0 Å². The van der Waals surface area contributed by atoms with Gasteiger partial charge < -0.3 is 21.1 Å². The molecule has 0 bridgehead atoms. The summed E-state index contributed by atoms with van der Waals surface area (Å²) in [7, 11) is 0. The van der Waals surface area contributed by atoms with Crippen LogP contribution in [0.1, 0.15) is 12.0 Å². The molecular weight excluding hydrogens is 387 g/mol. The third kappa shape index (κ3) is 5.60. The average molecular weight is 405 g/mol. The van der Waals surface area contributed by atoms with Gasteiger partial charge in [-0.1, -0.05) is 0 Å². The Morgan fingerprint density at radius 3 is 2.59 bits per heavy atom. The van der Waals surface area contributed by atoms with Crippen LogP contribution in [0.3, 0.4) is 0 Å². The molecule has 7 nitrogen and oxygen atoms in total. The van der Waals surface area contributed by atoms with Crippen LogP contribution in [-0.2, 0) is 20.8 Å². The largest absolute Gasteiger partial charge is 0.480 e. The van der Waals surface area contributed by atoms with Crippen LogP contribution in [0.5, 0.6) is 0 Å². The Labute approximate surface area is 157 Å². The van der Waals surface area contributed by atoms with E-state index in [1.807, 2.05) is 0 Å². The number of benzene rings is 1. The van der Waals surface area contributed by atoms with Crippen LogP contribution in [0.25, 0.3) is 0 Å². The summed E-state index contributed by atoms with van der Waals surface area (Å²) in [4.78, 5) is 36.2. The molecule has 0 aromatic heterocycles. The van der Waals surface area contributed by atoms with Crippen LogP contribution in [0, 0.1) is 17.5 Å². The predicted octanol–water partition coefficient (Wildman–Crippen LogP) is 0.466. The second kappa shape index (κ2) is 9.09. The Bertz CT molecular complexity index is 750. The quantitative estimate of drug-likeness (QED) is 0.569. The Morgan fingerprint density at radius 2 is 1.93 bits per heavy atom. The molecule has 2 unspecified atom stereocenters. The summed E-state index contributed by atoms with van der Waals surface area (Å²) in [5.74, 6) is -5.27. The summed E-state index contributed by atoms with van der Waals surface area (Å²) in [6.07, 6.45) is -0.423. The third-order valence-corrected chi connectivity index (χ3v) is 5.06. The van der Waals surface area contributed by atoms with Crippen molar-refractivity contribution in [2.45, 2.75) is 24.3 Å². The van der Waals surface area contributed by atoms with Crippen molar-refractivity contribution in [1.82, 2.24) is 10.2 Å². The normalized spacial score (nSPS) is 17.6. The molecule has 0 saturated carbocycles. The molecule has 1 aromatic carbocycles. The second-order valence-electron chi connectivity index (χ2n) is 5.95. The summed E-state index contributed by atoms with van der Waals surface area (Å²) in [6.45, 7) is -0.284. The van der Waals surface area contributed by atoms with Gasteiger partial charge >= 0.3 is 5.97 Å². The minimum absolute atomic E-state index is 0.152. The van der Waals surface area contributed by atoms with E-state index < -0.39 is 53.2 Å². The summed E-state index contributed by atoms with van der Waals surface area (Å²) < 4.78 is 39.9. The number of thioether (sulfide) groups is 1. The monoisotopic (exact) mass is 405 g/mol. The van der Waals surface area contributed by atoms with Gasteiger partial charge in [0, 0.05) is 30.8 Å². The van der Waals surface area contributed by atoms with Crippen LogP contribution < -0.4 is 11.1 Å². The molecule has 27 heavy (non-hydrogen) atoms. The van der Waals surface area contributed by atoms with Crippen LogP contribution in [0.4, 0.5) is 13.2 Å². The first kappa shape index (κ1) is 21.0. The van der Waals surface area contributed by atoms with E-state index in [4.69, 9.17) is 10.8 Å². The number of rotatable bonds is 7. The van der Waals surface area contributed by atoms with Crippen molar-refractivity contribution in [3.05, 3.63) is 35.1 Å². The van der Waals surface area contributed by atoms with Crippen molar-refractivity contribution in [2.75, 3.05) is 18.8 Å². The Kier molecular flexibility index (Phi) is 7.08. The number of hydrogen-bond donors (Lipinski definition) is 3. The van der Waals surface area contributed by atoms with E-state index in [1.165, 1.54) is 16.7 Å². The predicted molar refractivity (Wildman–Crippen MR) is 91.2 cm³/mol. The Morgan fingerprint density at radius 1 is 1.26 bits per heavy atom. The zero-order chi connectivity index (χ0) is 20.1. The molecule has 11 heteroatoms. The average Bonchev–Trinajstić information content (AvgIpc) is 3.07. The molecule has 0 aliphatic carbocycles. The van der Waals surface area contributed by atoms with Crippen LogP contribution >= 0.6 is 11.8 Å². The molecule has 0 radical (unpaired) electrons. The minimum Gasteiger partial charge on any atom is -0.480 e. The first-order valence-electron chi connectivity index (χ1n) is 7.98. The number of carbonyl (C=O) groups is 3. The fourth-order valence-electron chi connectivity index (χ4n) is 2.61. The molecule has 0 spiro atoms. The number of nitrogens with one attached hydrogen (secondary N) is 1. The number of nitrogens with two attached hydrogens (primary N) is 1. The number of halogens is 3. The first-order valence-corrected chi connectivity index (χ1v) is 9.03. The van der Waals surface area contributed by atoms with Crippen molar-refractivity contribution in [2.24, 2.45) is 5.73 Å². The lowest BCUT2D eigenvalue weighted by Crippen LogP contribution is -2.47. The number of nitrogens with zero attached hydrogens (tertiary/aromatic N) is 1. The zero-order valence-corrected chi connectivity index (χ0v) is 14.9. The van der Waals surface area contributed by atoms with Gasteiger partial charge in [-0.3, -0.25) is 14.4 Å². The summed E-state index contributed by atoms with van der Waals surface area (Å²) in [5, 5.41) is 9.94. The summed E-state index contributed by atoms with van der Waals surface area (Å²) >= 11 is 1.18. The molecule has 2 amide bonds. The highest BCUT2D eigenvalue weighted by Crippen LogP contribution is 2.25. The van der Waals surface area contributed by atoms with Crippen LogP contribution in [0.2, 0.25) is 0 Å². The molecule has 148 valence electrons. The van der Waals surface area contributed by atoms with Gasteiger partial charge in [0.25, 0.3) is 5.91 Å². The third-order valence-electron chi connectivity index (χ3n) is 3.86. The van der Waals surface area contributed by atoms with Gasteiger partial charge in [-0.25, -0.2) is 13.2 Å². The van der Waals surface area contributed by atoms with Gasteiger partial charge in [0.2, 0.25) is 5.91 Å². The highest BCUT2D eigenvalue weighted by molar-refractivity contribution is 8.00. The van der Waals surface area contributed by atoms with E-state index in [0.717, 1.165) is 0 Å². The number of aliphatic carboxylic acids is 1. The van der Waals surface area contributed by atoms with Crippen molar-refractivity contribution in [1.29, 1.82) is 0 Å². The molecule has 1 saturated heterocycles. The van der Waals surface area contributed by atoms with E-state index in [2.05, 4.69) is 5.32 Å². The Hall–Kier alpha value is -2.27. The maximum atomic E-state index is 13.7. The lowest BCUT2D eigenvalue weighted by molar-refractivity contribution is -0.139. The van der Waals surface area contributed by atoms with Crippen molar-refractivity contribution < 1.29 is 32.7 Å². The minimum atomic E-state index is -1.31. The molecule has 1 aliphatic rings. The number of carboxylic acid groups (broad SMARTS) is 1. The number of carboxylic acids is 1. The maximum Gasteiger partial charge on any atom is 0.322 e.